The van der Waals surface area contributed by atoms with E-state index in [1.807, 2.05) is 0 Å². The summed E-state index contributed by atoms with van der Waals surface area (Å²) in [5.74, 6) is 0. The smallest absolute Gasteiger partial charge is 0.355 e. The Morgan fingerprint density at radius 1 is 0.468 bits per heavy atom. The first-order valence-electron chi connectivity index (χ1n) is 13.6. The predicted molar refractivity (Wildman–Crippen MR) is 172 cm³/mol. The van der Waals surface area contributed by atoms with Crippen LogP contribution >= 0.6 is 30.4 Å². The molecule has 0 aliphatic carbocycles. The number of nitrogens with zero attached hydrogens (tertiary/aromatic N) is 1. The molecule has 18 heteroatoms. The number of benzene rings is 4. The summed E-state index contributed by atoms with van der Waals surface area (Å²) >= 11 is 0. The van der Waals surface area contributed by atoms with E-state index in [1.54, 1.807) is 36.4 Å². The SMILES string of the molecule is COC(c1ccccc1)(c1ccccc1)C(c1ccccc1)(c1ccccc1)N(C(P(=O)(O)O)P(=O)(O)O)C(P(=O)(O)O)P(=O)(O)O. The summed E-state index contributed by atoms with van der Waals surface area (Å²) in [7, 11) is -24.2. The van der Waals surface area contributed by atoms with Gasteiger partial charge in [-0.25, -0.2) is 4.90 Å². The summed E-state index contributed by atoms with van der Waals surface area (Å²) in [6.07, 6.45) is 0. The zero-order valence-electron chi connectivity index (χ0n) is 24.6. The fourth-order valence-electron chi connectivity index (χ4n) is 6.23. The summed E-state index contributed by atoms with van der Waals surface area (Å²) in [5.41, 5.74) is -12.4. The van der Waals surface area contributed by atoms with Gasteiger partial charge in [-0.3, -0.25) is 18.3 Å². The Morgan fingerprint density at radius 2 is 0.702 bits per heavy atom. The second-order valence-electron chi connectivity index (χ2n) is 10.5. The van der Waals surface area contributed by atoms with Crippen LogP contribution < -0.4 is 0 Å². The maximum absolute atomic E-state index is 13.4. The molecule has 4 aromatic rings. The number of hydrogen-bond donors (Lipinski definition) is 8. The van der Waals surface area contributed by atoms with E-state index in [-0.39, 0.29) is 27.2 Å². The Balaban J connectivity index is 2.54. The topological polar surface area (TPSA) is 243 Å². The Bertz CT molecular complexity index is 1670. The van der Waals surface area contributed by atoms with Crippen LogP contribution in [0.1, 0.15) is 22.3 Å². The van der Waals surface area contributed by atoms with E-state index < -0.39 is 52.6 Å². The van der Waals surface area contributed by atoms with Crippen molar-refractivity contribution in [1.82, 2.24) is 4.90 Å². The third kappa shape index (κ3) is 6.96. The van der Waals surface area contributed by atoms with E-state index in [9.17, 15) is 57.4 Å². The van der Waals surface area contributed by atoms with E-state index in [2.05, 4.69) is 0 Å². The first kappa shape index (κ1) is 37.2. The van der Waals surface area contributed by atoms with Crippen LogP contribution in [0.25, 0.3) is 0 Å². The molecule has 8 N–H and O–H groups in total. The highest BCUT2D eigenvalue weighted by Crippen LogP contribution is 2.74. The summed E-state index contributed by atoms with van der Waals surface area (Å²) in [6, 6.07) is 29.4. The van der Waals surface area contributed by atoms with E-state index in [0.717, 1.165) is 7.11 Å². The lowest BCUT2D eigenvalue weighted by Gasteiger charge is -2.59. The average molecular weight is 727 g/mol. The normalized spacial score (nSPS) is 13.8. The molecule has 0 radical (unpaired) electrons. The van der Waals surface area contributed by atoms with Crippen molar-refractivity contribution in [2.45, 2.75) is 22.2 Å². The standard InChI is InChI=1S/C29H33NO13P4/c1-43-29(24-18-10-4-11-19-24,25-20-12-5-13-21-25)28(22-14-6-2-7-15-22,23-16-8-3-9-17-23)30(26(44(31,32)33)45(34,35)36)27(46(37,38)39)47(40,41)42/h2-21,26-27H,1H3,(H2,31,32,33)(H2,34,35,36)(H2,37,38,39)(H2,40,41,42). The fourth-order valence-corrected chi connectivity index (χ4v) is 12.3. The van der Waals surface area contributed by atoms with E-state index in [4.69, 9.17) is 4.74 Å². The highest BCUT2D eigenvalue weighted by atomic mass is 31.2. The van der Waals surface area contributed by atoms with Gasteiger partial charge in [0.05, 0.1) is 0 Å². The summed E-state index contributed by atoms with van der Waals surface area (Å²) < 4.78 is 59.9. The maximum atomic E-state index is 13.4. The van der Waals surface area contributed by atoms with Crippen molar-refractivity contribution < 1.29 is 62.1 Å². The van der Waals surface area contributed by atoms with Crippen LogP contribution in [0, 0.1) is 0 Å². The van der Waals surface area contributed by atoms with Crippen molar-refractivity contribution in [1.29, 1.82) is 0 Å². The van der Waals surface area contributed by atoms with Crippen LogP contribution in [-0.2, 0) is 34.1 Å². The molecule has 4 rings (SSSR count). The minimum Gasteiger partial charge on any atom is -0.366 e. The first-order chi connectivity index (χ1) is 21.8. The van der Waals surface area contributed by atoms with Gasteiger partial charge in [-0.1, -0.05) is 121 Å². The van der Waals surface area contributed by atoms with Gasteiger partial charge in [0.1, 0.15) is 11.1 Å². The minimum absolute atomic E-state index is 0.0930. The highest BCUT2D eigenvalue weighted by molar-refractivity contribution is 7.72. The van der Waals surface area contributed by atoms with Gasteiger partial charge in [0.2, 0.25) is 11.0 Å². The van der Waals surface area contributed by atoms with Crippen LogP contribution in [0.15, 0.2) is 121 Å². The van der Waals surface area contributed by atoms with Gasteiger partial charge < -0.3 is 43.9 Å². The van der Waals surface area contributed by atoms with Crippen LogP contribution in [0.2, 0.25) is 0 Å². The molecule has 0 aliphatic heterocycles. The van der Waals surface area contributed by atoms with E-state index in [0.29, 0.717) is 0 Å². The van der Waals surface area contributed by atoms with Crippen molar-refractivity contribution in [3.8, 4) is 0 Å². The first-order valence-corrected chi connectivity index (χ1v) is 20.3. The molecule has 0 aromatic heterocycles. The predicted octanol–water partition coefficient (Wildman–Crippen LogP) is 4.10. The van der Waals surface area contributed by atoms with Gasteiger partial charge in [0.25, 0.3) is 0 Å². The molecule has 0 fully saturated rings. The second-order valence-corrected chi connectivity index (χ2v) is 18.0. The molecule has 0 aliphatic rings. The fraction of sp³-hybridized carbons (Fsp3) is 0.172. The highest BCUT2D eigenvalue weighted by Gasteiger charge is 2.71. The number of hydrogen-bond acceptors (Lipinski definition) is 6. The molecule has 0 saturated carbocycles. The zero-order chi connectivity index (χ0) is 34.9. The molecule has 0 amide bonds. The quantitative estimate of drug-likeness (QED) is 0.0905. The molecular weight excluding hydrogens is 694 g/mol. The minimum atomic E-state index is -6.33. The number of ether oxygens (including phenoxy) is 1. The average Bonchev–Trinajstić information content (AvgIpc) is 2.99. The van der Waals surface area contributed by atoms with E-state index >= 15 is 0 Å². The van der Waals surface area contributed by atoms with Crippen LogP contribution in [0.4, 0.5) is 0 Å². The van der Waals surface area contributed by atoms with Crippen molar-refractivity contribution >= 4 is 30.4 Å². The lowest BCUT2D eigenvalue weighted by molar-refractivity contribution is -0.105. The molecule has 0 bridgehead atoms. The van der Waals surface area contributed by atoms with Crippen molar-refractivity contribution in [2.24, 2.45) is 0 Å². The summed E-state index contributed by atoms with van der Waals surface area (Å²) in [6.45, 7) is 0. The lowest BCUT2D eigenvalue weighted by Crippen LogP contribution is -2.66. The van der Waals surface area contributed by atoms with Gasteiger partial charge in [-0.15, -0.1) is 0 Å². The molecule has 14 nitrogen and oxygen atoms in total. The Labute approximate surface area is 270 Å². The largest absolute Gasteiger partial charge is 0.366 e. The maximum Gasteiger partial charge on any atom is 0.355 e. The molecule has 0 atom stereocenters. The zero-order valence-corrected chi connectivity index (χ0v) is 28.1. The monoisotopic (exact) mass is 727 g/mol. The molecule has 0 spiro atoms. The van der Waals surface area contributed by atoms with Gasteiger partial charge >= 0.3 is 30.4 Å². The number of rotatable bonds is 13. The molecule has 0 heterocycles. The van der Waals surface area contributed by atoms with Crippen LogP contribution in [-0.4, -0.2) is 62.2 Å². The Kier molecular flexibility index (Phi) is 10.9. The third-order valence-corrected chi connectivity index (χ3v) is 14.7. The molecule has 4 aromatic carbocycles. The van der Waals surface area contributed by atoms with Crippen molar-refractivity contribution in [3.05, 3.63) is 144 Å². The lowest BCUT2D eigenvalue weighted by atomic mass is 9.63. The molecular formula is C29H33NO13P4. The second kappa shape index (κ2) is 13.7. The third-order valence-electron chi connectivity index (χ3n) is 7.65. The van der Waals surface area contributed by atoms with Gasteiger partial charge in [0.15, 0.2) is 0 Å². The van der Waals surface area contributed by atoms with E-state index in [1.165, 1.54) is 84.9 Å². The van der Waals surface area contributed by atoms with Gasteiger partial charge in [-0.2, -0.15) is 0 Å². The van der Waals surface area contributed by atoms with Gasteiger partial charge in [0, 0.05) is 7.11 Å². The van der Waals surface area contributed by atoms with Crippen LogP contribution in [0.3, 0.4) is 0 Å². The summed E-state index contributed by atoms with van der Waals surface area (Å²) in [4.78, 5) is 85.8. The van der Waals surface area contributed by atoms with Crippen molar-refractivity contribution in [2.75, 3.05) is 7.11 Å². The Hall–Kier alpha value is -2.60. The van der Waals surface area contributed by atoms with Gasteiger partial charge in [-0.05, 0) is 22.3 Å². The number of methoxy groups -OCH3 is 1. The Morgan fingerprint density at radius 3 is 0.915 bits per heavy atom. The van der Waals surface area contributed by atoms with Crippen molar-refractivity contribution in [3.63, 3.8) is 0 Å². The summed E-state index contributed by atoms with van der Waals surface area (Å²) in [5, 5.41) is 0. The molecule has 47 heavy (non-hydrogen) atoms. The molecule has 0 unspecified atom stereocenters. The molecule has 0 saturated heterocycles. The van der Waals surface area contributed by atoms with Crippen LogP contribution in [0.5, 0.6) is 0 Å². The molecule has 252 valence electrons.